The topological polar surface area (TPSA) is 59.4 Å². The minimum Gasteiger partial charge on any atom is -0.378 e. The third kappa shape index (κ3) is 3.45. The molecule has 3 aromatic rings. The highest BCUT2D eigenvalue weighted by Crippen LogP contribution is 2.36. The summed E-state index contributed by atoms with van der Waals surface area (Å²) in [6, 6.07) is 16.6. The van der Waals surface area contributed by atoms with Gasteiger partial charge in [-0.25, -0.2) is 4.98 Å². The molecule has 0 unspecified atom stereocenters. The number of aromatic nitrogens is 2. The lowest BCUT2D eigenvalue weighted by Gasteiger charge is -2.27. The van der Waals surface area contributed by atoms with Crippen LogP contribution in [-0.4, -0.2) is 41.3 Å². The Bertz CT molecular complexity index is 954. The second kappa shape index (κ2) is 7.81. The number of carbonyl (C=O) groups is 1. The van der Waals surface area contributed by atoms with Crippen LogP contribution in [0.3, 0.4) is 0 Å². The molecule has 2 aromatic carbocycles. The highest BCUT2D eigenvalue weighted by Gasteiger charge is 2.31. The number of para-hydroxylation sites is 2. The number of hydrogen-bond acceptors (Lipinski definition) is 4. The fourth-order valence-corrected chi connectivity index (χ4v) is 4.34. The van der Waals surface area contributed by atoms with Crippen molar-refractivity contribution in [3.63, 3.8) is 0 Å². The minimum atomic E-state index is 0.0445. The van der Waals surface area contributed by atoms with E-state index in [1.165, 1.54) is 11.1 Å². The van der Waals surface area contributed by atoms with Gasteiger partial charge >= 0.3 is 0 Å². The molecule has 2 aliphatic rings. The summed E-state index contributed by atoms with van der Waals surface area (Å²) in [5.41, 5.74) is 4.38. The molecule has 0 saturated carbocycles. The summed E-state index contributed by atoms with van der Waals surface area (Å²) < 4.78 is 7.72. The maximum atomic E-state index is 13.4. The lowest BCUT2D eigenvalue weighted by atomic mass is 10.0. The van der Waals surface area contributed by atoms with Gasteiger partial charge in [-0.1, -0.05) is 36.4 Å². The Morgan fingerprint density at radius 2 is 1.72 bits per heavy atom. The number of carbonyl (C=O) groups excluding carboxylic acids is 1. The second-order valence-corrected chi connectivity index (χ2v) is 7.59. The van der Waals surface area contributed by atoms with Crippen LogP contribution in [0.1, 0.15) is 17.2 Å². The van der Waals surface area contributed by atoms with E-state index in [0.29, 0.717) is 13.2 Å². The molecule has 6 heteroatoms. The van der Waals surface area contributed by atoms with Crippen molar-refractivity contribution in [3.8, 4) is 0 Å². The lowest BCUT2D eigenvalue weighted by Crippen LogP contribution is -2.43. The van der Waals surface area contributed by atoms with Gasteiger partial charge in [0.25, 0.3) is 0 Å². The van der Waals surface area contributed by atoms with Crippen molar-refractivity contribution in [3.05, 3.63) is 78.4 Å². The Balaban J connectivity index is 1.39. The van der Waals surface area contributed by atoms with Crippen LogP contribution < -0.4 is 10.2 Å². The van der Waals surface area contributed by atoms with Crippen LogP contribution >= 0.6 is 0 Å². The maximum Gasteiger partial charge on any atom is 0.245 e. The van der Waals surface area contributed by atoms with Crippen LogP contribution in [-0.2, 0) is 22.4 Å². The molecule has 0 spiro atoms. The molecule has 3 heterocycles. The van der Waals surface area contributed by atoms with Gasteiger partial charge in [-0.15, -0.1) is 0 Å². The first-order valence-corrected chi connectivity index (χ1v) is 10.1. The van der Waals surface area contributed by atoms with E-state index >= 15 is 0 Å². The number of nitrogens with zero attached hydrogens (tertiary/aromatic N) is 3. The third-order valence-corrected chi connectivity index (χ3v) is 5.85. The van der Waals surface area contributed by atoms with E-state index in [9.17, 15) is 4.79 Å². The van der Waals surface area contributed by atoms with Gasteiger partial charge in [0.2, 0.25) is 5.91 Å². The average molecular weight is 388 g/mol. The minimum absolute atomic E-state index is 0.0445. The first kappa shape index (κ1) is 18.1. The predicted molar refractivity (Wildman–Crippen MR) is 111 cm³/mol. The van der Waals surface area contributed by atoms with Gasteiger partial charge in [-0.05, 0) is 36.1 Å². The largest absolute Gasteiger partial charge is 0.378 e. The van der Waals surface area contributed by atoms with Crippen molar-refractivity contribution in [1.29, 1.82) is 0 Å². The van der Waals surface area contributed by atoms with Gasteiger partial charge in [0.15, 0.2) is 0 Å². The van der Waals surface area contributed by atoms with Crippen LogP contribution in [0.2, 0.25) is 0 Å². The molecule has 0 bridgehead atoms. The predicted octanol–water partition coefficient (Wildman–Crippen LogP) is 2.88. The first-order valence-electron chi connectivity index (χ1n) is 10.1. The van der Waals surface area contributed by atoms with E-state index in [-0.39, 0.29) is 24.5 Å². The number of fused-ring (bicyclic) bond motifs is 2. The van der Waals surface area contributed by atoms with Gasteiger partial charge < -0.3 is 14.6 Å². The standard InChI is InChI=1S/C23H24N4O2/c28-23(13-25-19-14-29-15-22(19)26-12-11-24-16-26)27-20-7-3-1-5-17(20)9-10-18-6-2-4-8-21(18)27/h1-8,11-12,16,19,22,25H,9-10,13-15H2/t19-,22+/m1/s1. The van der Waals surface area contributed by atoms with Gasteiger partial charge in [-0.2, -0.15) is 0 Å². The molecular weight excluding hydrogens is 364 g/mol. The maximum absolute atomic E-state index is 13.4. The molecule has 1 N–H and O–H groups in total. The molecule has 1 fully saturated rings. The Kier molecular flexibility index (Phi) is 4.87. The van der Waals surface area contributed by atoms with E-state index in [1.54, 1.807) is 12.5 Å². The molecule has 1 amide bonds. The normalized spacial score (nSPS) is 20.8. The summed E-state index contributed by atoms with van der Waals surface area (Å²) in [5.74, 6) is 0.0445. The number of benzene rings is 2. The number of nitrogens with one attached hydrogen (secondary N) is 1. The molecule has 5 rings (SSSR count). The summed E-state index contributed by atoms with van der Waals surface area (Å²) in [4.78, 5) is 19.4. The Hall–Kier alpha value is -2.96. The van der Waals surface area contributed by atoms with E-state index in [4.69, 9.17) is 4.74 Å². The number of anilines is 2. The van der Waals surface area contributed by atoms with Crippen LogP contribution in [0, 0.1) is 0 Å². The van der Waals surface area contributed by atoms with E-state index in [2.05, 4.69) is 22.4 Å². The molecule has 6 nitrogen and oxygen atoms in total. The zero-order valence-corrected chi connectivity index (χ0v) is 16.2. The SMILES string of the molecule is O=C(CN[C@@H]1COC[C@@H]1n1ccnc1)N1c2ccccc2CCc2ccccc21. The number of hydrogen-bond donors (Lipinski definition) is 1. The Morgan fingerprint density at radius 1 is 1.03 bits per heavy atom. The monoisotopic (exact) mass is 388 g/mol. The summed E-state index contributed by atoms with van der Waals surface area (Å²) in [7, 11) is 0. The fraction of sp³-hybridized carbons (Fsp3) is 0.304. The van der Waals surface area contributed by atoms with E-state index in [0.717, 1.165) is 24.2 Å². The Labute approximate surface area is 170 Å². The summed E-state index contributed by atoms with van der Waals surface area (Å²) in [6.45, 7) is 1.46. The smallest absolute Gasteiger partial charge is 0.245 e. The number of ether oxygens (including phenoxy) is 1. The molecule has 148 valence electrons. The summed E-state index contributed by atoms with van der Waals surface area (Å²) in [6.07, 6.45) is 7.38. The first-order chi connectivity index (χ1) is 14.3. The number of imidazole rings is 1. The van der Waals surface area contributed by atoms with E-state index < -0.39 is 0 Å². The van der Waals surface area contributed by atoms with Gasteiger partial charge in [-0.3, -0.25) is 9.69 Å². The van der Waals surface area contributed by atoms with Crippen LogP contribution in [0.4, 0.5) is 11.4 Å². The second-order valence-electron chi connectivity index (χ2n) is 7.59. The number of rotatable bonds is 4. The quantitative estimate of drug-likeness (QED) is 0.747. The van der Waals surface area contributed by atoms with E-state index in [1.807, 2.05) is 52.1 Å². The highest BCUT2D eigenvalue weighted by atomic mass is 16.5. The van der Waals surface area contributed by atoms with Crippen molar-refractivity contribution < 1.29 is 9.53 Å². The van der Waals surface area contributed by atoms with Crippen LogP contribution in [0.5, 0.6) is 0 Å². The molecule has 0 radical (unpaired) electrons. The van der Waals surface area contributed by atoms with Crippen molar-refractivity contribution in [2.24, 2.45) is 0 Å². The van der Waals surface area contributed by atoms with Crippen LogP contribution in [0.15, 0.2) is 67.3 Å². The fourth-order valence-electron chi connectivity index (χ4n) is 4.34. The Morgan fingerprint density at radius 3 is 2.38 bits per heavy atom. The highest BCUT2D eigenvalue weighted by molar-refractivity contribution is 6.03. The summed E-state index contributed by atoms with van der Waals surface area (Å²) in [5, 5.41) is 3.43. The van der Waals surface area contributed by atoms with Crippen molar-refractivity contribution >= 4 is 17.3 Å². The van der Waals surface area contributed by atoms with Gasteiger partial charge in [0, 0.05) is 12.4 Å². The van der Waals surface area contributed by atoms with Gasteiger partial charge in [0.05, 0.1) is 49.5 Å². The van der Waals surface area contributed by atoms with Crippen molar-refractivity contribution in [2.75, 3.05) is 24.7 Å². The average Bonchev–Trinajstić information content (AvgIpc) is 3.41. The molecule has 1 saturated heterocycles. The molecule has 0 aliphatic carbocycles. The molecule has 1 aromatic heterocycles. The van der Waals surface area contributed by atoms with Gasteiger partial charge in [0.1, 0.15) is 0 Å². The third-order valence-electron chi connectivity index (χ3n) is 5.85. The van der Waals surface area contributed by atoms with Crippen molar-refractivity contribution in [1.82, 2.24) is 14.9 Å². The summed E-state index contributed by atoms with van der Waals surface area (Å²) >= 11 is 0. The number of amides is 1. The lowest BCUT2D eigenvalue weighted by molar-refractivity contribution is -0.117. The molecule has 2 atom stereocenters. The zero-order chi connectivity index (χ0) is 19.6. The van der Waals surface area contributed by atoms with Crippen molar-refractivity contribution in [2.45, 2.75) is 24.9 Å². The zero-order valence-electron chi connectivity index (χ0n) is 16.2. The molecular formula is C23H24N4O2. The molecule has 29 heavy (non-hydrogen) atoms. The molecule has 2 aliphatic heterocycles. The number of aryl methyl sites for hydroxylation is 2. The van der Waals surface area contributed by atoms with Crippen LogP contribution in [0.25, 0.3) is 0 Å².